The van der Waals surface area contributed by atoms with Crippen LogP contribution in [-0.4, -0.2) is 12.6 Å². The highest BCUT2D eigenvalue weighted by Gasteiger charge is 2.39. The smallest absolute Gasteiger partial charge is 0.344 e. The summed E-state index contributed by atoms with van der Waals surface area (Å²) >= 11 is 12.2. The zero-order chi connectivity index (χ0) is 20.7. The maximum atomic E-state index is 12.9. The molecular formula is C21H15Cl2NO5. The Hall–Kier alpha value is -2.96. The maximum Gasteiger partial charge on any atom is 0.344 e. The lowest BCUT2D eigenvalue weighted by Gasteiger charge is -2.28. The van der Waals surface area contributed by atoms with Crippen LogP contribution < -0.4 is 16.1 Å². The summed E-state index contributed by atoms with van der Waals surface area (Å²) < 4.78 is 16.4. The number of para-hydroxylation sites is 1. The molecule has 6 nitrogen and oxygen atoms in total. The average molecular weight is 432 g/mol. The second-order valence-corrected chi connectivity index (χ2v) is 7.15. The molecule has 1 aromatic heterocycles. The first kappa shape index (κ1) is 19.4. The molecule has 0 unspecified atom stereocenters. The largest absolute Gasteiger partial charge is 0.462 e. The Balaban J connectivity index is 2.05. The summed E-state index contributed by atoms with van der Waals surface area (Å²) in [5.41, 5.74) is 6.49. The van der Waals surface area contributed by atoms with Gasteiger partial charge >= 0.3 is 11.6 Å². The molecule has 1 aliphatic heterocycles. The third-order valence-electron chi connectivity index (χ3n) is 4.63. The molecule has 0 spiro atoms. The van der Waals surface area contributed by atoms with Crippen molar-refractivity contribution in [2.75, 3.05) is 6.61 Å². The Kier molecular flexibility index (Phi) is 4.98. The van der Waals surface area contributed by atoms with Gasteiger partial charge in [-0.3, -0.25) is 0 Å². The number of fused-ring (bicyclic) bond motifs is 3. The fourth-order valence-electron chi connectivity index (χ4n) is 3.40. The fourth-order valence-corrected chi connectivity index (χ4v) is 3.71. The molecule has 2 N–H and O–H groups in total. The number of carbonyl (C=O) groups excluding carboxylic acids is 1. The van der Waals surface area contributed by atoms with Crippen LogP contribution in [0, 0.1) is 0 Å². The molecule has 3 aromatic rings. The number of halogens is 2. The average Bonchev–Trinajstić information content (AvgIpc) is 2.69. The molecule has 1 atom stereocenters. The van der Waals surface area contributed by atoms with Crippen LogP contribution in [0.1, 0.15) is 24.0 Å². The van der Waals surface area contributed by atoms with E-state index in [2.05, 4.69) is 0 Å². The van der Waals surface area contributed by atoms with Gasteiger partial charge in [0.05, 0.1) is 33.5 Å². The van der Waals surface area contributed by atoms with E-state index in [4.69, 9.17) is 42.8 Å². The molecule has 0 aliphatic carbocycles. The molecule has 148 valence electrons. The zero-order valence-electron chi connectivity index (χ0n) is 15.2. The minimum Gasteiger partial charge on any atom is -0.462 e. The van der Waals surface area contributed by atoms with Crippen LogP contribution in [0.4, 0.5) is 0 Å². The van der Waals surface area contributed by atoms with E-state index < -0.39 is 17.5 Å². The number of carbonyl (C=O) groups is 1. The topological polar surface area (TPSA) is 91.8 Å². The Morgan fingerprint density at radius 1 is 1.17 bits per heavy atom. The first-order valence-corrected chi connectivity index (χ1v) is 9.53. The van der Waals surface area contributed by atoms with E-state index in [1.807, 2.05) is 0 Å². The quantitative estimate of drug-likeness (QED) is 0.489. The second-order valence-electron chi connectivity index (χ2n) is 6.34. The fraction of sp³-hybridized carbons (Fsp3) is 0.143. The molecule has 0 radical (unpaired) electrons. The lowest BCUT2D eigenvalue weighted by atomic mass is 9.83. The third-order valence-corrected chi connectivity index (χ3v) is 5.37. The number of ether oxygens (including phenoxy) is 2. The number of hydrogen-bond acceptors (Lipinski definition) is 6. The van der Waals surface area contributed by atoms with Crippen molar-refractivity contribution in [3.05, 3.63) is 85.5 Å². The minimum absolute atomic E-state index is 0.000297. The normalized spacial score (nSPS) is 15.8. The van der Waals surface area contributed by atoms with E-state index in [-0.39, 0.29) is 34.4 Å². The Morgan fingerprint density at radius 2 is 1.93 bits per heavy atom. The van der Waals surface area contributed by atoms with Crippen molar-refractivity contribution in [2.45, 2.75) is 12.8 Å². The van der Waals surface area contributed by atoms with Crippen LogP contribution in [0.3, 0.4) is 0 Å². The number of rotatable bonds is 3. The predicted molar refractivity (Wildman–Crippen MR) is 109 cm³/mol. The van der Waals surface area contributed by atoms with Crippen molar-refractivity contribution in [3.63, 3.8) is 0 Å². The van der Waals surface area contributed by atoms with Gasteiger partial charge in [0.25, 0.3) is 0 Å². The summed E-state index contributed by atoms with van der Waals surface area (Å²) in [7, 11) is 0. The van der Waals surface area contributed by atoms with E-state index in [9.17, 15) is 9.59 Å². The van der Waals surface area contributed by atoms with Crippen LogP contribution in [0.5, 0.6) is 5.75 Å². The number of esters is 1. The Labute approximate surface area is 175 Å². The van der Waals surface area contributed by atoms with Gasteiger partial charge in [0.1, 0.15) is 11.2 Å². The first-order valence-electron chi connectivity index (χ1n) is 8.77. The van der Waals surface area contributed by atoms with Crippen LogP contribution >= 0.6 is 23.2 Å². The van der Waals surface area contributed by atoms with Crippen molar-refractivity contribution in [1.29, 1.82) is 0 Å². The monoisotopic (exact) mass is 431 g/mol. The van der Waals surface area contributed by atoms with Gasteiger partial charge in [0.2, 0.25) is 5.88 Å². The predicted octanol–water partition coefficient (Wildman–Crippen LogP) is 4.36. The zero-order valence-corrected chi connectivity index (χ0v) is 16.7. The summed E-state index contributed by atoms with van der Waals surface area (Å²) in [5, 5.41) is 1.16. The summed E-state index contributed by atoms with van der Waals surface area (Å²) in [4.78, 5) is 25.6. The molecule has 29 heavy (non-hydrogen) atoms. The van der Waals surface area contributed by atoms with Crippen LogP contribution in [0.2, 0.25) is 10.0 Å². The van der Waals surface area contributed by atoms with Crippen molar-refractivity contribution in [3.8, 4) is 5.75 Å². The summed E-state index contributed by atoms with van der Waals surface area (Å²) in [5.74, 6) is -1.51. The standard InChI is InChI=1S/C21H15Cl2NO5/c1-2-27-20(25)17-15(10-7-8-12(22)13(23)9-10)16-18(29-19(17)24)11-5-3-4-6-14(11)28-21(16)26/h3-9,15H,2,24H2,1H3/t15-/m0/s1. The van der Waals surface area contributed by atoms with Gasteiger partial charge in [0, 0.05) is 0 Å². The minimum atomic E-state index is -0.895. The third kappa shape index (κ3) is 3.24. The van der Waals surface area contributed by atoms with E-state index in [1.165, 1.54) is 0 Å². The molecule has 0 saturated heterocycles. The number of hydrogen-bond donors (Lipinski definition) is 1. The lowest BCUT2D eigenvalue weighted by molar-refractivity contribution is -0.139. The molecule has 0 fully saturated rings. The molecule has 1 aliphatic rings. The second kappa shape index (κ2) is 7.46. The van der Waals surface area contributed by atoms with Gasteiger partial charge in [-0.15, -0.1) is 0 Å². The molecule has 0 saturated carbocycles. The molecule has 4 rings (SSSR count). The highest BCUT2D eigenvalue weighted by molar-refractivity contribution is 6.42. The molecule has 0 bridgehead atoms. The van der Waals surface area contributed by atoms with E-state index in [0.717, 1.165) is 0 Å². The summed E-state index contributed by atoms with van der Waals surface area (Å²) in [6.07, 6.45) is 0. The van der Waals surface area contributed by atoms with Crippen molar-refractivity contribution < 1.29 is 18.7 Å². The Morgan fingerprint density at radius 3 is 2.66 bits per heavy atom. The van der Waals surface area contributed by atoms with Crippen LogP contribution in [0.15, 0.2) is 63.1 Å². The van der Waals surface area contributed by atoms with E-state index in [1.54, 1.807) is 49.4 Å². The maximum absolute atomic E-state index is 12.9. The van der Waals surface area contributed by atoms with Gasteiger partial charge in [-0.2, -0.15) is 0 Å². The summed E-state index contributed by atoms with van der Waals surface area (Å²) in [6.45, 7) is 1.80. The van der Waals surface area contributed by atoms with Crippen molar-refractivity contribution in [1.82, 2.24) is 0 Å². The van der Waals surface area contributed by atoms with Gasteiger partial charge in [-0.25, -0.2) is 9.59 Å². The van der Waals surface area contributed by atoms with Gasteiger partial charge in [0.15, 0.2) is 5.75 Å². The Bertz CT molecular complexity index is 1230. The number of benzene rings is 2. The van der Waals surface area contributed by atoms with Gasteiger partial charge < -0.3 is 19.6 Å². The number of nitrogens with two attached hydrogens (primary N) is 1. The van der Waals surface area contributed by atoms with E-state index in [0.29, 0.717) is 21.6 Å². The molecular weight excluding hydrogens is 417 g/mol. The van der Waals surface area contributed by atoms with Crippen molar-refractivity contribution >= 4 is 40.1 Å². The molecule has 2 heterocycles. The van der Waals surface area contributed by atoms with Crippen molar-refractivity contribution in [2.24, 2.45) is 5.73 Å². The van der Waals surface area contributed by atoms with Gasteiger partial charge in [-0.1, -0.05) is 41.4 Å². The van der Waals surface area contributed by atoms with Gasteiger partial charge in [-0.05, 0) is 36.8 Å². The SMILES string of the molecule is CCOC(=O)C1=C(N)Oc2c(c(=O)oc3ccccc23)[C@@H]1c1ccc(Cl)c(Cl)c1. The molecule has 2 aromatic carbocycles. The lowest BCUT2D eigenvalue weighted by Crippen LogP contribution is -2.31. The highest BCUT2D eigenvalue weighted by Crippen LogP contribution is 2.44. The van der Waals surface area contributed by atoms with Crippen LogP contribution in [-0.2, 0) is 9.53 Å². The molecule has 0 amide bonds. The molecule has 8 heteroatoms. The highest BCUT2D eigenvalue weighted by atomic mass is 35.5. The van der Waals surface area contributed by atoms with Crippen LogP contribution in [0.25, 0.3) is 11.0 Å². The first-order chi connectivity index (χ1) is 13.9. The van der Waals surface area contributed by atoms with E-state index >= 15 is 0 Å². The summed E-state index contributed by atoms with van der Waals surface area (Å²) in [6, 6.07) is 11.7.